The molecule has 2 N–H and O–H groups in total. The van der Waals surface area contributed by atoms with Crippen LogP contribution in [0.2, 0.25) is 0 Å². The number of nitrogens with one attached hydrogen (secondary N) is 1. The molecule has 0 aliphatic rings. The standard InChI is InChI=1S/C10H15F3N2O5/c1-4-15(5-6(16)20-3)8(19)14-9(2,7(17)18)10(11,12)13/h4-5H2,1-3H3,(H,14,19)(H,17,18). The van der Waals surface area contributed by atoms with Crippen LogP contribution in [0.15, 0.2) is 0 Å². The number of methoxy groups -OCH3 is 1. The van der Waals surface area contributed by atoms with Gasteiger partial charge < -0.3 is 20.1 Å². The minimum atomic E-state index is -5.20. The van der Waals surface area contributed by atoms with E-state index in [9.17, 15) is 27.6 Å². The van der Waals surface area contributed by atoms with Gasteiger partial charge in [0, 0.05) is 6.54 Å². The van der Waals surface area contributed by atoms with Crippen molar-refractivity contribution in [2.45, 2.75) is 25.6 Å². The molecule has 0 bridgehead atoms. The molecule has 7 nitrogen and oxygen atoms in total. The average molecular weight is 300 g/mol. The second-order valence-corrected chi connectivity index (χ2v) is 3.95. The monoisotopic (exact) mass is 300 g/mol. The van der Waals surface area contributed by atoms with Crippen LogP contribution in [0.1, 0.15) is 13.8 Å². The number of carboxylic acid groups (broad SMARTS) is 1. The zero-order valence-corrected chi connectivity index (χ0v) is 11.1. The van der Waals surface area contributed by atoms with E-state index < -0.39 is 36.2 Å². The molecule has 0 radical (unpaired) electrons. The van der Waals surface area contributed by atoms with E-state index in [2.05, 4.69) is 4.74 Å². The van der Waals surface area contributed by atoms with Gasteiger partial charge in [0.05, 0.1) is 7.11 Å². The fourth-order valence-electron chi connectivity index (χ4n) is 1.09. The summed E-state index contributed by atoms with van der Waals surface area (Å²) in [6.07, 6.45) is -5.20. The Labute approximate surface area is 112 Å². The molecule has 20 heavy (non-hydrogen) atoms. The van der Waals surface area contributed by atoms with Crippen molar-refractivity contribution in [3.8, 4) is 0 Å². The van der Waals surface area contributed by atoms with Crippen LogP contribution in [0.3, 0.4) is 0 Å². The van der Waals surface area contributed by atoms with Crippen LogP contribution in [-0.2, 0) is 14.3 Å². The molecule has 0 saturated heterocycles. The minimum Gasteiger partial charge on any atom is -0.479 e. The lowest BCUT2D eigenvalue weighted by Gasteiger charge is -2.31. The number of amides is 2. The molecule has 116 valence electrons. The number of nitrogens with zero attached hydrogens (tertiary/aromatic N) is 1. The number of carbonyl (C=O) groups is 3. The molecule has 2 amide bonds. The minimum absolute atomic E-state index is 0.103. The van der Waals surface area contributed by atoms with Crippen molar-refractivity contribution in [3.05, 3.63) is 0 Å². The van der Waals surface area contributed by atoms with Gasteiger partial charge in [0.1, 0.15) is 6.54 Å². The van der Waals surface area contributed by atoms with Crippen molar-refractivity contribution >= 4 is 18.0 Å². The van der Waals surface area contributed by atoms with Crippen LogP contribution < -0.4 is 5.32 Å². The lowest BCUT2D eigenvalue weighted by atomic mass is 10.0. The molecule has 0 spiro atoms. The van der Waals surface area contributed by atoms with Crippen molar-refractivity contribution in [1.82, 2.24) is 10.2 Å². The van der Waals surface area contributed by atoms with E-state index in [0.717, 1.165) is 7.11 Å². The highest BCUT2D eigenvalue weighted by atomic mass is 19.4. The van der Waals surface area contributed by atoms with Crippen molar-refractivity contribution in [3.63, 3.8) is 0 Å². The Hall–Kier alpha value is -2.00. The number of hydrogen-bond donors (Lipinski definition) is 2. The van der Waals surface area contributed by atoms with Gasteiger partial charge in [-0.1, -0.05) is 0 Å². The zero-order valence-electron chi connectivity index (χ0n) is 11.1. The molecule has 1 atom stereocenters. The number of ether oxygens (including phenoxy) is 1. The summed E-state index contributed by atoms with van der Waals surface area (Å²) in [5.41, 5.74) is -3.45. The van der Waals surface area contributed by atoms with Crippen LogP contribution in [-0.4, -0.2) is 59.9 Å². The number of carboxylic acids is 1. The van der Waals surface area contributed by atoms with Crippen molar-refractivity contribution < 1.29 is 37.4 Å². The lowest BCUT2D eigenvalue weighted by molar-refractivity contribution is -0.203. The Kier molecular flexibility index (Phi) is 5.79. The maximum absolute atomic E-state index is 12.7. The maximum Gasteiger partial charge on any atom is 0.422 e. The van der Waals surface area contributed by atoms with Crippen LogP contribution >= 0.6 is 0 Å². The fourth-order valence-corrected chi connectivity index (χ4v) is 1.09. The second-order valence-electron chi connectivity index (χ2n) is 3.95. The maximum atomic E-state index is 12.7. The first kappa shape index (κ1) is 18.0. The summed E-state index contributed by atoms with van der Waals surface area (Å²) in [5, 5.41) is 10.0. The van der Waals surface area contributed by atoms with Gasteiger partial charge in [0.2, 0.25) is 5.54 Å². The number of urea groups is 1. The van der Waals surface area contributed by atoms with E-state index in [-0.39, 0.29) is 6.54 Å². The van der Waals surface area contributed by atoms with Crippen molar-refractivity contribution in [2.24, 2.45) is 0 Å². The van der Waals surface area contributed by atoms with E-state index in [4.69, 9.17) is 5.11 Å². The summed E-state index contributed by atoms with van der Waals surface area (Å²) in [5.74, 6) is -3.10. The van der Waals surface area contributed by atoms with Gasteiger partial charge in [-0.2, -0.15) is 13.2 Å². The van der Waals surface area contributed by atoms with Gasteiger partial charge in [-0.3, -0.25) is 4.79 Å². The third-order valence-electron chi connectivity index (χ3n) is 2.57. The SMILES string of the molecule is CCN(CC(=O)OC)C(=O)NC(C)(C(=O)O)C(F)(F)F. The van der Waals surface area contributed by atoms with Crippen LogP contribution in [0.5, 0.6) is 0 Å². The smallest absolute Gasteiger partial charge is 0.422 e. The van der Waals surface area contributed by atoms with E-state index in [1.54, 1.807) is 0 Å². The topological polar surface area (TPSA) is 95.9 Å². The van der Waals surface area contributed by atoms with Crippen LogP contribution in [0, 0.1) is 0 Å². The molecular weight excluding hydrogens is 285 g/mol. The molecule has 0 aromatic heterocycles. The third kappa shape index (κ3) is 4.00. The molecule has 1 unspecified atom stereocenters. The van der Waals surface area contributed by atoms with Gasteiger partial charge in [0.25, 0.3) is 0 Å². The zero-order chi connectivity index (χ0) is 16.1. The summed E-state index contributed by atoms with van der Waals surface area (Å²) in [6.45, 7) is 1.04. The van der Waals surface area contributed by atoms with E-state index in [1.807, 2.05) is 0 Å². The molecule has 0 aliphatic carbocycles. The highest BCUT2D eigenvalue weighted by molar-refractivity contribution is 5.88. The number of aliphatic carboxylic acids is 1. The Balaban J connectivity index is 5.10. The number of hydrogen-bond acceptors (Lipinski definition) is 4. The molecule has 0 fully saturated rings. The predicted molar refractivity (Wildman–Crippen MR) is 59.9 cm³/mol. The number of esters is 1. The fraction of sp³-hybridized carbons (Fsp3) is 0.700. The normalized spacial score (nSPS) is 14.1. The molecular formula is C10H15F3N2O5. The first-order valence-corrected chi connectivity index (χ1v) is 5.43. The number of carbonyl (C=O) groups excluding carboxylic acids is 2. The predicted octanol–water partition coefficient (Wildman–Crippen LogP) is 0.596. The van der Waals surface area contributed by atoms with Gasteiger partial charge in [-0.15, -0.1) is 0 Å². The largest absolute Gasteiger partial charge is 0.479 e. The summed E-state index contributed by atoms with van der Waals surface area (Å²) in [6, 6.07) is -1.33. The van der Waals surface area contributed by atoms with E-state index in [0.29, 0.717) is 11.8 Å². The van der Waals surface area contributed by atoms with Crippen molar-refractivity contribution in [2.75, 3.05) is 20.2 Å². The molecule has 10 heteroatoms. The molecule has 0 aromatic rings. The van der Waals surface area contributed by atoms with Crippen molar-refractivity contribution in [1.29, 1.82) is 0 Å². The first-order valence-electron chi connectivity index (χ1n) is 5.43. The molecule has 0 aromatic carbocycles. The number of likely N-dealkylation sites (N-methyl/N-ethyl adjacent to an activating group) is 1. The Morgan fingerprint density at radius 3 is 2.10 bits per heavy atom. The third-order valence-corrected chi connectivity index (χ3v) is 2.57. The highest BCUT2D eigenvalue weighted by Gasteiger charge is 2.58. The Bertz CT molecular complexity index is 399. The quantitative estimate of drug-likeness (QED) is 0.725. The first-order chi connectivity index (χ1) is 8.99. The average Bonchev–Trinajstić information content (AvgIpc) is 2.33. The highest BCUT2D eigenvalue weighted by Crippen LogP contribution is 2.30. The lowest BCUT2D eigenvalue weighted by Crippen LogP contribution is -2.64. The number of rotatable bonds is 5. The molecule has 0 heterocycles. The summed E-state index contributed by atoms with van der Waals surface area (Å²) in [4.78, 5) is 34.1. The molecule has 0 saturated carbocycles. The Morgan fingerprint density at radius 1 is 1.30 bits per heavy atom. The van der Waals surface area contributed by atoms with Gasteiger partial charge in [-0.05, 0) is 13.8 Å². The summed E-state index contributed by atoms with van der Waals surface area (Å²) < 4.78 is 42.4. The second kappa shape index (κ2) is 6.44. The number of alkyl halides is 3. The van der Waals surface area contributed by atoms with Gasteiger partial charge in [0.15, 0.2) is 0 Å². The summed E-state index contributed by atoms with van der Waals surface area (Å²) in [7, 11) is 1.05. The van der Waals surface area contributed by atoms with Crippen LogP contribution in [0.4, 0.5) is 18.0 Å². The van der Waals surface area contributed by atoms with Gasteiger partial charge >= 0.3 is 24.1 Å². The number of halogens is 3. The van der Waals surface area contributed by atoms with E-state index in [1.165, 1.54) is 12.2 Å². The van der Waals surface area contributed by atoms with Gasteiger partial charge in [-0.25, -0.2) is 9.59 Å². The molecule has 0 rings (SSSR count). The summed E-state index contributed by atoms with van der Waals surface area (Å²) >= 11 is 0. The molecule has 0 aliphatic heterocycles. The van der Waals surface area contributed by atoms with Crippen LogP contribution in [0.25, 0.3) is 0 Å². The Morgan fingerprint density at radius 2 is 1.80 bits per heavy atom. The van der Waals surface area contributed by atoms with E-state index >= 15 is 0 Å².